The quantitative estimate of drug-likeness (QED) is 0.728. The highest BCUT2D eigenvalue weighted by Crippen LogP contribution is 2.32. The molecule has 5 nitrogen and oxygen atoms in total. The van der Waals surface area contributed by atoms with E-state index in [0.717, 1.165) is 6.07 Å². The highest BCUT2D eigenvalue weighted by atomic mass is 19.4. The van der Waals surface area contributed by atoms with Crippen molar-refractivity contribution in [2.24, 2.45) is 0 Å². The molecule has 154 valence electrons. The third-order valence-corrected chi connectivity index (χ3v) is 5.14. The molecule has 0 amide bonds. The van der Waals surface area contributed by atoms with E-state index in [-0.39, 0.29) is 12.3 Å². The summed E-state index contributed by atoms with van der Waals surface area (Å²) in [5.41, 5.74) is 0.471. The van der Waals surface area contributed by atoms with Gasteiger partial charge in [0.1, 0.15) is 13.2 Å². The minimum absolute atomic E-state index is 0.0190. The molecule has 0 radical (unpaired) electrons. The average molecular weight is 406 g/mol. The number of halogens is 3. The summed E-state index contributed by atoms with van der Waals surface area (Å²) in [6.45, 7) is 3.55. The van der Waals surface area contributed by atoms with Crippen LogP contribution >= 0.6 is 0 Å². The molecule has 1 saturated heterocycles. The van der Waals surface area contributed by atoms with Crippen molar-refractivity contribution in [3.63, 3.8) is 0 Å². The number of ketones is 1. The fraction of sp³-hybridized carbons (Fsp3) is 0.381. The Balaban J connectivity index is 1.35. The van der Waals surface area contributed by atoms with E-state index in [9.17, 15) is 18.0 Å². The minimum atomic E-state index is -4.35. The summed E-state index contributed by atoms with van der Waals surface area (Å²) in [4.78, 5) is 16.6. The normalized spacial score (nSPS) is 17.3. The molecule has 1 fully saturated rings. The van der Waals surface area contributed by atoms with Gasteiger partial charge in [0.05, 0.1) is 12.1 Å². The van der Waals surface area contributed by atoms with Gasteiger partial charge < -0.3 is 14.4 Å². The lowest BCUT2D eigenvalue weighted by Gasteiger charge is -2.36. The van der Waals surface area contributed by atoms with Crippen molar-refractivity contribution in [2.75, 3.05) is 50.8 Å². The predicted octanol–water partition coefficient (Wildman–Crippen LogP) is 3.48. The molecule has 0 spiro atoms. The molecule has 0 aromatic heterocycles. The number of anilines is 1. The maximum Gasteiger partial charge on any atom is 0.416 e. The van der Waals surface area contributed by atoms with Gasteiger partial charge in [0, 0.05) is 37.4 Å². The van der Waals surface area contributed by atoms with E-state index < -0.39 is 11.7 Å². The zero-order valence-electron chi connectivity index (χ0n) is 15.7. The van der Waals surface area contributed by atoms with E-state index in [0.29, 0.717) is 62.1 Å². The van der Waals surface area contributed by atoms with Crippen LogP contribution in [0.3, 0.4) is 0 Å². The average Bonchev–Trinajstić information content (AvgIpc) is 2.73. The molecule has 2 aliphatic heterocycles. The highest BCUT2D eigenvalue weighted by molar-refractivity contribution is 5.98. The molecular weight excluding hydrogens is 385 g/mol. The number of alkyl halides is 3. The number of fused-ring (bicyclic) bond motifs is 1. The molecule has 29 heavy (non-hydrogen) atoms. The van der Waals surface area contributed by atoms with Crippen LogP contribution in [0.2, 0.25) is 0 Å². The maximum atomic E-state index is 12.9. The third kappa shape index (κ3) is 4.48. The molecular formula is C21H21F3N2O3. The van der Waals surface area contributed by atoms with Crippen LogP contribution in [0.4, 0.5) is 18.9 Å². The molecule has 0 atom stereocenters. The van der Waals surface area contributed by atoms with Gasteiger partial charge in [-0.3, -0.25) is 9.69 Å². The first kappa shape index (κ1) is 19.6. The number of nitrogens with zero attached hydrogens (tertiary/aromatic N) is 2. The Morgan fingerprint density at radius 3 is 2.38 bits per heavy atom. The molecule has 0 unspecified atom stereocenters. The zero-order valence-corrected chi connectivity index (χ0v) is 15.7. The molecule has 0 N–H and O–H groups in total. The van der Waals surface area contributed by atoms with E-state index in [1.165, 1.54) is 12.1 Å². The van der Waals surface area contributed by atoms with Crippen molar-refractivity contribution < 1.29 is 27.4 Å². The first-order valence-corrected chi connectivity index (χ1v) is 9.47. The lowest BCUT2D eigenvalue weighted by atomic mass is 10.1. The van der Waals surface area contributed by atoms with E-state index >= 15 is 0 Å². The molecule has 0 bridgehead atoms. The maximum absolute atomic E-state index is 12.9. The Hall–Kier alpha value is -2.74. The second-order valence-electron chi connectivity index (χ2n) is 7.09. The number of carbonyl (C=O) groups is 1. The Kier molecular flexibility index (Phi) is 5.36. The molecule has 0 saturated carbocycles. The molecule has 4 rings (SSSR count). The van der Waals surface area contributed by atoms with Crippen LogP contribution in [-0.2, 0) is 6.18 Å². The summed E-state index contributed by atoms with van der Waals surface area (Å²) in [7, 11) is 0. The monoisotopic (exact) mass is 406 g/mol. The van der Waals surface area contributed by atoms with E-state index in [1.807, 2.05) is 9.80 Å². The molecule has 8 heteroatoms. The van der Waals surface area contributed by atoms with E-state index in [1.54, 1.807) is 24.3 Å². The van der Waals surface area contributed by atoms with Gasteiger partial charge in [0.15, 0.2) is 17.3 Å². The molecule has 2 aliphatic rings. The Bertz CT molecular complexity index is 893. The number of rotatable bonds is 4. The molecule has 2 aromatic carbocycles. The van der Waals surface area contributed by atoms with Crippen LogP contribution in [-0.4, -0.2) is 56.6 Å². The number of Topliss-reactive ketones (excluding diaryl/α,β-unsaturated/α-hetero) is 1. The number of carbonyl (C=O) groups excluding carboxylic acids is 1. The van der Waals surface area contributed by atoms with Gasteiger partial charge >= 0.3 is 6.18 Å². The lowest BCUT2D eigenvalue weighted by Crippen LogP contribution is -2.48. The Labute approximate surface area is 166 Å². The van der Waals surface area contributed by atoms with Gasteiger partial charge in [-0.15, -0.1) is 0 Å². The molecule has 2 aromatic rings. The second-order valence-corrected chi connectivity index (χ2v) is 7.09. The lowest BCUT2D eigenvalue weighted by molar-refractivity contribution is -0.137. The van der Waals surface area contributed by atoms with Gasteiger partial charge in [-0.25, -0.2) is 0 Å². The third-order valence-electron chi connectivity index (χ3n) is 5.14. The van der Waals surface area contributed by atoms with Crippen LogP contribution in [0.5, 0.6) is 11.5 Å². The molecule has 2 heterocycles. The van der Waals surface area contributed by atoms with Crippen LogP contribution in [0.25, 0.3) is 0 Å². The van der Waals surface area contributed by atoms with Gasteiger partial charge in [-0.1, -0.05) is 6.07 Å². The van der Waals surface area contributed by atoms with Crippen LogP contribution in [0, 0.1) is 0 Å². The summed E-state index contributed by atoms with van der Waals surface area (Å²) in [5, 5.41) is 0. The van der Waals surface area contributed by atoms with Crippen LogP contribution in [0.1, 0.15) is 15.9 Å². The SMILES string of the molecule is O=C(CN1CCN(c2cccc(C(F)(F)F)c2)CC1)c1ccc2c(c1)OCCO2. The minimum Gasteiger partial charge on any atom is -0.486 e. The second kappa shape index (κ2) is 7.94. The summed E-state index contributed by atoms with van der Waals surface area (Å²) >= 11 is 0. The van der Waals surface area contributed by atoms with Gasteiger partial charge in [0.25, 0.3) is 0 Å². The van der Waals surface area contributed by atoms with Crippen molar-refractivity contribution in [1.29, 1.82) is 0 Å². The van der Waals surface area contributed by atoms with E-state index in [4.69, 9.17) is 9.47 Å². The number of hydrogen-bond donors (Lipinski definition) is 0. The standard InChI is InChI=1S/C21H21F3N2O3/c22-21(23,24)16-2-1-3-17(13-16)26-8-6-25(7-9-26)14-18(27)15-4-5-19-20(12-15)29-11-10-28-19/h1-5,12-13H,6-11,14H2. The Morgan fingerprint density at radius 2 is 1.66 bits per heavy atom. The first-order chi connectivity index (χ1) is 13.9. The predicted molar refractivity (Wildman–Crippen MR) is 102 cm³/mol. The topological polar surface area (TPSA) is 42.0 Å². The van der Waals surface area contributed by atoms with Crippen molar-refractivity contribution in [3.05, 3.63) is 53.6 Å². The summed E-state index contributed by atoms with van der Waals surface area (Å²) in [6.07, 6.45) is -4.35. The molecule has 0 aliphatic carbocycles. The van der Waals surface area contributed by atoms with Gasteiger partial charge in [-0.05, 0) is 36.4 Å². The largest absolute Gasteiger partial charge is 0.486 e. The highest BCUT2D eigenvalue weighted by Gasteiger charge is 2.31. The van der Waals surface area contributed by atoms with Gasteiger partial charge in [-0.2, -0.15) is 13.2 Å². The fourth-order valence-electron chi connectivity index (χ4n) is 3.55. The van der Waals surface area contributed by atoms with Crippen molar-refractivity contribution >= 4 is 11.5 Å². The summed E-state index contributed by atoms with van der Waals surface area (Å²) in [6, 6.07) is 10.5. The van der Waals surface area contributed by atoms with Gasteiger partial charge in [0.2, 0.25) is 0 Å². The number of ether oxygens (including phenoxy) is 2. The number of piperazine rings is 1. The summed E-state index contributed by atoms with van der Waals surface area (Å²) < 4.78 is 49.8. The van der Waals surface area contributed by atoms with Crippen LogP contribution < -0.4 is 14.4 Å². The zero-order chi connectivity index (χ0) is 20.4. The van der Waals surface area contributed by atoms with Crippen molar-refractivity contribution in [2.45, 2.75) is 6.18 Å². The van der Waals surface area contributed by atoms with E-state index in [2.05, 4.69) is 0 Å². The Morgan fingerprint density at radius 1 is 0.931 bits per heavy atom. The van der Waals surface area contributed by atoms with Crippen LogP contribution in [0.15, 0.2) is 42.5 Å². The first-order valence-electron chi connectivity index (χ1n) is 9.47. The van der Waals surface area contributed by atoms with Crippen molar-refractivity contribution in [3.8, 4) is 11.5 Å². The number of hydrogen-bond acceptors (Lipinski definition) is 5. The number of benzene rings is 2. The fourth-order valence-corrected chi connectivity index (χ4v) is 3.55. The summed E-state index contributed by atoms with van der Waals surface area (Å²) in [5.74, 6) is 1.20. The van der Waals surface area contributed by atoms with Crippen molar-refractivity contribution in [1.82, 2.24) is 4.90 Å². The smallest absolute Gasteiger partial charge is 0.416 e.